The maximum absolute atomic E-state index is 11.7. The number of carbonyl (C=O) groups is 1. The SMILES string of the molecule is COCCNC(=O)Cn1nc(-c2cccs2)ccc1=O. The van der Waals surface area contributed by atoms with Crippen molar-refractivity contribution in [2.75, 3.05) is 20.3 Å². The summed E-state index contributed by atoms with van der Waals surface area (Å²) in [6.45, 7) is 0.750. The van der Waals surface area contributed by atoms with Gasteiger partial charge < -0.3 is 10.1 Å². The zero-order valence-electron chi connectivity index (χ0n) is 11.0. The van der Waals surface area contributed by atoms with Crippen molar-refractivity contribution in [3.05, 3.63) is 40.0 Å². The molecule has 0 radical (unpaired) electrons. The Morgan fingerprint density at radius 2 is 2.30 bits per heavy atom. The quantitative estimate of drug-likeness (QED) is 0.797. The Morgan fingerprint density at radius 3 is 3.00 bits per heavy atom. The maximum atomic E-state index is 11.7. The van der Waals surface area contributed by atoms with E-state index < -0.39 is 0 Å². The average Bonchev–Trinajstić information content (AvgIpc) is 2.95. The van der Waals surface area contributed by atoms with Crippen molar-refractivity contribution < 1.29 is 9.53 Å². The van der Waals surface area contributed by atoms with Crippen LogP contribution >= 0.6 is 11.3 Å². The first-order valence-corrected chi connectivity index (χ1v) is 6.96. The maximum Gasteiger partial charge on any atom is 0.267 e. The van der Waals surface area contributed by atoms with Crippen LogP contribution in [0.3, 0.4) is 0 Å². The van der Waals surface area contributed by atoms with E-state index in [-0.39, 0.29) is 18.0 Å². The van der Waals surface area contributed by atoms with Crippen LogP contribution in [0.25, 0.3) is 10.6 Å². The molecule has 0 saturated heterocycles. The second kappa shape index (κ2) is 6.97. The summed E-state index contributed by atoms with van der Waals surface area (Å²) in [5.74, 6) is -0.264. The number of nitrogens with zero attached hydrogens (tertiary/aromatic N) is 2. The number of carbonyl (C=O) groups excluding carboxylic acids is 1. The van der Waals surface area contributed by atoms with Gasteiger partial charge in [-0.1, -0.05) is 6.07 Å². The minimum Gasteiger partial charge on any atom is -0.383 e. The second-order valence-electron chi connectivity index (χ2n) is 4.03. The van der Waals surface area contributed by atoms with Crippen molar-refractivity contribution in [1.82, 2.24) is 15.1 Å². The third kappa shape index (κ3) is 3.75. The molecule has 0 unspecified atom stereocenters. The summed E-state index contributed by atoms with van der Waals surface area (Å²) in [7, 11) is 1.56. The Kier molecular flexibility index (Phi) is 5.03. The second-order valence-corrected chi connectivity index (χ2v) is 4.98. The topological polar surface area (TPSA) is 73.2 Å². The summed E-state index contributed by atoms with van der Waals surface area (Å²) in [6.07, 6.45) is 0. The van der Waals surface area contributed by atoms with E-state index in [4.69, 9.17) is 4.74 Å². The lowest BCUT2D eigenvalue weighted by Crippen LogP contribution is -2.34. The summed E-state index contributed by atoms with van der Waals surface area (Å²) in [4.78, 5) is 24.3. The van der Waals surface area contributed by atoms with E-state index >= 15 is 0 Å². The molecule has 7 heteroatoms. The van der Waals surface area contributed by atoms with Gasteiger partial charge >= 0.3 is 0 Å². The van der Waals surface area contributed by atoms with Crippen LogP contribution in [0.15, 0.2) is 34.4 Å². The Morgan fingerprint density at radius 1 is 1.45 bits per heavy atom. The third-order valence-corrected chi connectivity index (χ3v) is 3.45. The largest absolute Gasteiger partial charge is 0.383 e. The number of thiophene rings is 1. The summed E-state index contributed by atoms with van der Waals surface area (Å²) >= 11 is 1.53. The lowest BCUT2D eigenvalue weighted by Gasteiger charge is -2.07. The molecule has 0 aliphatic rings. The number of ether oxygens (including phenoxy) is 1. The number of hydrogen-bond acceptors (Lipinski definition) is 5. The van der Waals surface area contributed by atoms with Crippen molar-refractivity contribution in [2.45, 2.75) is 6.54 Å². The standard InChI is InChI=1S/C13H15N3O3S/c1-19-7-6-14-12(17)9-16-13(18)5-4-10(15-16)11-3-2-8-20-11/h2-5,8H,6-7,9H2,1H3,(H,14,17). The molecule has 0 aliphatic heterocycles. The number of hydrogen-bond donors (Lipinski definition) is 1. The van der Waals surface area contributed by atoms with Gasteiger partial charge in [-0.3, -0.25) is 9.59 Å². The van der Waals surface area contributed by atoms with Crippen molar-refractivity contribution in [3.8, 4) is 10.6 Å². The summed E-state index contributed by atoms with van der Waals surface area (Å²) in [5, 5.41) is 8.79. The van der Waals surface area contributed by atoms with E-state index in [2.05, 4.69) is 10.4 Å². The van der Waals surface area contributed by atoms with Crippen LogP contribution in [0.5, 0.6) is 0 Å². The molecule has 0 bridgehead atoms. The minimum absolute atomic E-state index is 0.0955. The summed E-state index contributed by atoms with van der Waals surface area (Å²) in [5.41, 5.74) is 0.386. The molecule has 2 rings (SSSR count). The number of amides is 1. The molecule has 20 heavy (non-hydrogen) atoms. The van der Waals surface area contributed by atoms with Gasteiger partial charge in [0.2, 0.25) is 5.91 Å². The molecular formula is C13H15N3O3S. The third-order valence-electron chi connectivity index (χ3n) is 2.56. The fourth-order valence-corrected chi connectivity index (χ4v) is 2.29. The number of rotatable bonds is 6. The number of methoxy groups -OCH3 is 1. The van der Waals surface area contributed by atoms with Gasteiger partial charge in [-0.25, -0.2) is 4.68 Å². The van der Waals surface area contributed by atoms with Crippen molar-refractivity contribution in [3.63, 3.8) is 0 Å². The number of aromatic nitrogens is 2. The van der Waals surface area contributed by atoms with E-state index in [1.165, 1.54) is 17.4 Å². The lowest BCUT2D eigenvalue weighted by atomic mass is 10.3. The van der Waals surface area contributed by atoms with E-state index in [0.717, 1.165) is 9.56 Å². The molecule has 106 valence electrons. The molecule has 2 aromatic heterocycles. The summed E-state index contributed by atoms with van der Waals surface area (Å²) in [6, 6.07) is 6.91. The van der Waals surface area contributed by atoms with Crippen LogP contribution in [0, 0.1) is 0 Å². The zero-order valence-corrected chi connectivity index (χ0v) is 11.9. The van der Waals surface area contributed by atoms with Crippen LogP contribution in [-0.2, 0) is 16.1 Å². The van der Waals surface area contributed by atoms with Gasteiger partial charge in [-0.2, -0.15) is 5.10 Å². The van der Waals surface area contributed by atoms with Gasteiger partial charge in [0, 0.05) is 19.7 Å². The molecule has 2 heterocycles. The van der Waals surface area contributed by atoms with E-state index in [1.807, 2.05) is 17.5 Å². The fraction of sp³-hybridized carbons (Fsp3) is 0.308. The molecular weight excluding hydrogens is 278 g/mol. The molecule has 6 nitrogen and oxygen atoms in total. The van der Waals surface area contributed by atoms with Gasteiger partial charge in [0.1, 0.15) is 12.2 Å². The monoisotopic (exact) mass is 293 g/mol. The molecule has 2 aromatic rings. The molecule has 0 fully saturated rings. The normalized spacial score (nSPS) is 10.4. The fourth-order valence-electron chi connectivity index (χ4n) is 1.60. The van der Waals surface area contributed by atoms with Gasteiger partial charge in [-0.05, 0) is 17.5 Å². The molecule has 0 atom stereocenters. The van der Waals surface area contributed by atoms with Crippen LogP contribution in [-0.4, -0.2) is 35.9 Å². The first kappa shape index (κ1) is 14.4. The average molecular weight is 293 g/mol. The molecule has 0 aliphatic carbocycles. The Hall–Kier alpha value is -1.99. The molecule has 0 spiro atoms. The van der Waals surface area contributed by atoms with Crippen molar-refractivity contribution in [1.29, 1.82) is 0 Å². The Labute approximate surface area is 120 Å². The minimum atomic E-state index is -0.299. The number of nitrogens with one attached hydrogen (secondary N) is 1. The van der Waals surface area contributed by atoms with Crippen molar-refractivity contribution >= 4 is 17.2 Å². The smallest absolute Gasteiger partial charge is 0.267 e. The van der Waals surface area contributed by atoms with Crippen LogP contribution < -0.4 is 10.9 Å². The Balaban J connectivity index is 2.09. The highest BCUT2D eigenvalue weighted by molar-refractivity contribution is 7.13. The van der Waals surface area contributed by atoms with Crippen LogP contribution in [0.1, 0.15) is 0 Å². The molecule has 1 N–H and O–H groups in total. The van der Waals surface area contributed by atoms with Crippen LogP contribution in [0.4, 0.5) is 0 Å². The van der Waals surface area contributed by atoms with Gasteiger partial charge in [0.25, 0.3) is 5.56 Å². The zero-order chi connectivity index (χ0) is 14.4. The Bertz CT molecular complexity index is 622. The van der Waals surface area contributed by atoms with E-state index in [9.17, 15) is 9.59 Å². The summed E-state index contributed by atoms with van der Waals surface area (Å²) < 4.78 is 6.00. The predicted octanol–water partition coefficient (Wildman–Crippen LogP) is 0.734. The highest BCUT2D eigenvalue weighted by Crippen LogP contribution is 2.20. The molecule has 0 saturated carbocycles. The highest BCUT2D eigenvalue weighted by Gasteiger charge is 2.08. The molecule has 1 amide bonds. The van der Waals surface area contributed by atoms with Crippen molar-refractivity contribution in [2.24, 2.45) is 0 Å². The lowest BCUT2D eigenvalue weighted by molar-refractivity contribution is -0.122. The first-order chi connectivity index (χ1) is 9.70. The molecule has 0 aromatic carbocycles. The van der Waals surface area contributed by atoms with E-state index in [1.54, 1.807) is 13.2 Å². The van der Waals surface area contributed by atoms with Crippen LogP contribution in [0.2, 0.25) is 0 Å². The van der Waals surface area contributed by atoms with Gasteiger partial charge in [0.15, 0.2) is 0 Å². The highest BCUT2D eigenvalue weighted by atomic mass is 32.1. The van der Waals surface area contributed by atoms with Gasteiger partial charge in [0.05, 0.1) is 11.5 Å². The predicted molar refractivity (Wildman–Crippen MR) is 76.7 cm³/mol. The first-order valence-electron chi connectivity index (χ1n) is 6.08. The van der Waals surface area contributed by atoms with E-state index in [0.29, 0.717) is 18.8 Å². The van der Waals surface area contributed by atoms with Gasteiger partial charge in [-0.15, -0.1) is 11.3 Å².